The van der Waals surface area contributed by atoms with Crippen molar-refractivity contribution in [1.82, 2.24) is 9.97 Å². The predicted molar refractivity (Wildman–Crippen MR) is 123 cm³/mol. The van der Waals surface area contributed by atoms with Gasteiger partial charge >= 0.3 is 0 Å². The highest BCUT2D eigenvalue weighted by atomic mass is 35.5. The molecule has 0 saturated heterocycles. The van der Waals surface area contributed by atoms with Crippen LogP contribution in [-0.2, 0) is 6.61 Å². The molecule has 0 bridgehead atoms. The number of hydrogen-bond acceptors (Lipinski definition) is 8. The highest BCUT2D eigenvalue weighted by Gasteiger charge is 2.16. The molecule has 0 fully saturated rings. The Morgan fingerprint density at radius 1 is 1.23 bits per heavy atom. The van der Waals surface area contributed by atoms with Gasteiger partial charge in [-0.3, -0.25) is 10.4 Å². The van der Waals surface area contributed by atoms with Crippen molar-refractivity contribution in [3.63, 3.8) is 0 Å². The number of aromatic nitrogens is 2. The molecule has 2 aromatic heterocycles. The summed E-state index contributed by atoms with van der Waals surface area (Å²) in [6, 6.07) is 5.87. The van der Waals surface area contributed by atoms with Gasteiger partial charge in [0.15, 0.2) is 11.6 Å². The van der Waals surface area contributed by atoms with Crippen LogP contribution >= 0.6 is 35.2 Å². The number of benzene rings is 1. The molecule has 0 saturated carbocycles. The number of nitrogen functional groups attached to an aromatic ring is 1. The van der Waals surface area contributed by atoms with Gasteiger partial charge in [0, 0.05) is 59.3 Å². The van der Waals surface area contributed by atoms with E-state index in [-0.39, 0.29) is 23.8 Å². The van der Waals surface area contributed by atoms with Crippen molar-refractivity contribution in [3.05, 3.63) is 75.4 Å². The van der Waals surface area contributed by atoms with Crippen LogP contribution in [-0.4, -0.2) is 32.5 Å². The van der Waals surface area contributed by atoms with Crippen molar-refractivity contribution in [2.75, 3.05) is 23.3 Å². The van der Waals surface area contributed by atoms with E-state index in [2.05, 4.69) is 15.3 Å². The number of nitrogens with zero attached hydrogens (tertiary/aromatic N) is 2. The van der Waals surface area contributed by atoms with Crippen molar-refractivity contribution in [3.8, 4) is 5.75 Å². The number of halogens is 3. The third kappa shape index (κ3) is 5.76. The molecule has 5 N–H and O–H groups in total. The third-order valence-corrected chi connectivity index (χ3v) is 5.29. The van der Waals surface area contributed by atoms with Gasteiger partial charge in [-0.15, -0.1) is 0 Å². The summed E-state index contributed by atoms with van der Waals surface area (Å²) < 4.78 is 28.7. The molecule has 0 aliphatic carbocycles. The van der Waals surface area contributed by atoms with Gasteiger partial charge in [-0.05, 0) is 30.2 Å². The second kappa shape index (κ2) is 10.6. The standard InChI is InChI=1S/C20H18Cl2FN5O2S/c21-14-8-26-9-15(22)13(14)10-30-18-5-12(17(24)6-16(18)23)20(25)11-1-2-19(28-7-11)27-3-4-31-29/h1-2,5-9,25,29H,3-4,10,24H2,(H,27,28). The first-order valence-electron chi connectivity index (χ1n) is 8.96. The monoisotopic (exact) mass is 481 g/mol. The lowest BCUT2D eigenvalue weighted by atomic mass is 10.0. The molecule has 3 aromatic rings. The Hall–Kier alpha value is -2.59. The second-order valence-corrected chi connectivity index (χ2v) is 7.79. The minimum absolute atomic E-state index is 0.0623. The van der Waals surface area contributed by atoms with Gasteiger partial charge in [0.25, 0.3) is 0 Å². The van der Waals surface area contributed by atoms with Crippen molar-refractivity contribution < 1.29 is 13.7 Å². The minimum atomic E-state index is -0.672. The van der Waals surface area contributed by atoms with Crippen molar-refractivity contribution in [1.29, 1.82) is 5.41 Å². The molecule has 3 rings (SSSR count). The molecule has 0 atom stereocenters. The Balaban J connectivity index is 1.79. The van der Waals surface area contributed by atoms with Gasteiger partial charge in [0.1, 0.15) is 12.4 Å². The van der Waals surface area contributed by atoms with Crippen LogP contribution in [0.15, 0.2) is 42.9 Å². The van der Waals surface area contributed by atoms with Crippen LogP contribution < -0.4 is 15.8 Å². The van der Waals surface area contributed by atoms with Gasteiger partial charge in [-0.25, -0.2) is 9.37 Å². The van der Waals surface area contributed by atoms with E-state index in [1.807, 2.05) is 0 Å². The van der Waals surface area contributed by atoms with E-state index in [0.717, 1.165) is 18.1 Å². The van der Waals surface area contributed by atoms with E-state index < -0.39 is 5.82 Å². The van der Waals surface area contributed by atoms with Gasteiger partial charge in [-0.1, -0.05) is 23.2 Å². The first kappa shape index (κ1) is 23.1. The topological polar surface area (TPSA) is 117 Å². The first-order chi connectivity index (χ1) is 14.9. The Kier molecular flexibility index (Phi) is 7.91. The molecule has 0 amide bonds. The molecule has 1 aromatic carbocycles. The highest BCUT2D eigenvalue weighted by Crippen LogP contribution is 2.29. The molecule has 7 nitrogen and oxygen atoms in total. The van der Waals surface area contributed by atoms with Gasteiger partial charge in [-0.2, -0.15) is 0 Å². The Morgan fingerprint density at radius 2 is 1.97 bits per heavy atom. The number of nitrogens with two attached hydrogens (primary N) is 1. The summed E-state index contributed by atoms with van der Waals surface area (Å²) in [6.45, 7) is 0.462. The van der Waals surface area contributed by atoms with E-state index in [9.17, 15) is 4.39 Å². The van der Waals surface area contributed by atoms with Crippen molar-refractivity contribution in [2.24, 2.45) is 0 Å². The van der Waals surface area contributed by atoms with Crippen LogP contribution in [0.3, 0.4) is 0 Å². The van der Waals surface area contributed by atoms with Crippen molar-refractivity contribution in [2.45, 2.75) is 6.61 Å². The predicted octanol–water partition coefficient (Wildman–Crippen LogP) is 5.12. The highest BCUT2D eigenvalue weighted by molar-refractivity contribution is 7.93. The van der Waals surface area contributed by atoms with Crippen LogP contribution in [0, 0.1) is 11.2 Å². The van der Waals surface area contributed by atoms with E-state index in [1.54, 1.807) is 12.1 Å². The third-order valence-electron chi connectivity index (χ3n) is 4.25. The van der Waals surface area contributed by atoms with Crippen LogP contribution in [0.25, 0.3) is 0 Å². The number of hydrogen-bond donors (Lipinski definition) is 4. The maximum Gasteiger partial charge on any atom is 0.167 e. The lowest BCUT2D eigenvalue weighted by molar-refractivity contribution is 0.290. The summed E-state index contributed by atoms with van der Waals surface area (Å²) in [5.74, 6) is 0.359. The molecule has 11 heteroatoms. The first-order valence-corrected chi connectivity index (χ1v) is 10.7. The average Bonchev–Trinajstić information content (AvgIpc) is 2.75. The summed E-state index contributed by atoms with van der Waals surface area (Å²) in [6.07, 6.45) is 4.35. The quantitative estimate of drug-likeness (QED) is 0.145. The largest absolute Gasteiger partial charge is 0.486 e. The average molecular weight is 482 g/mol. The number of nitrogens with one attached hydrogen (secondary N) is 2. The smallest absolute Gasteiger partial charge is 0.167 e. The van der Waals surface area contributed by atoms with E-state index >= 15 is 0 Å². The number of anilines is 2. The van der Waals surface area contributed by atoms with Gasteiger partial charge in [0.05, 0.1) is 15.8 Å². The van der Waals surface area contributed by atoms with Gasteiger partial charge in [0.2, 0.25) is 0 Å². The van der Waals surface area contributed by atoms with Crippen LogP contribution in [0.4, 0.5) is 15.9 Å². The second-order valence-electron chi connectivity index (χ2n) is 6.31. The van der Waals surface area contributed by atoms with E-state index in [4.69, 9.17) is 43.6 Å². The lowest BCUT2D eigenvalue weighted by Gasteiger charge is -2.14. The summed E-state index contributed by atoms with van der Waals surface area (Å²) in [5, 5.41) is 12.1. The fourth-order valence-corrected chi connectivity index (χ4v) is 3.32. The Bertz CT molecular complexity index is 1070. The molecule has 31 heavy (non-hydrogen) atoms. The van der Waals surface area contributed by atoms with Crippen LogP contribution in [0.2, 0.25) is 10.0 Å². The zero-order valence-electron chi connectivity index (χ0n) is 16.0. The zero-order chi connectivity index (χ0) is 22.4. The molecule has 2 heterocycles. The molecule has 0 spiro atoms. The summed E-state index contributed by atoms with van der Waals surface area (Å²) >= 11 is 12.9. The normalized spacial score (nSPS) is 10.7. The minimum Gasteiger partial charge on any atom is -0.486 e. The number of rotatable bonds is 9. The van der Waals surface area contributed by atoms with Crippen LogP contribution in [0.5, 0.6) is 5.75 Å². The molecule has 0 aliphatic heterocycles. The SMILES string of the molecule is N=C(c1ccc(NCCSO)nc1)c1cc(OCc2c(Cl)cncc2Cl)c(F)cc1N. The number of ether oxygens (including phenoxy) is 1. The Morgan fingerprint density at radius 3 is 2.61 bits per heavy atom. The summed E-state index contributed by atoms with van der Waals surface area (Å²) in [7, 11) is 0. The van der Waals surface area contributed by atoms with Crippen molar-refractivity contribution >= 4 is 52.5 Å². The van der Waals surface area contributed by atoms with E-state index in [1.165, 1.54) is 24.7 Å². The molecule has 0 unspecified atom stereocenters. The Labute approximate surface area is 192 Å². The summed E-state index contributed by atoms with van der Waals surface area (Å²) in [5.41, 5.74) is 7.36. The molecule has 0 radical (unpaired) electrons. The molecule has 0 aliphatic rings. The zero-order valence-corrected chi connectivity index (χ0v) is 18.4. The molecular weight excluding hydrogens is 464 g/mol. The maximum absolute atomic E-state index is 14.4. The lowest BCUT2D eigenvalue weighted by Crippen LogP contribution is -2.09. The fraction of sp³-hybridized carbons (Fsp3) is 0.150. The van der Waals surface area contributed by atoms with E-state index in [0.29, 0.717) is 44.9 Å². The number of pyridine rings is 2. The molecule has 162 valence electrons. The molecular formula is C20H18Cl2FN5O2S. The van der Waals surface area contributed by atoms with Gasteiger partial charge < -0.3 is 20.3 Å². The summed E-state index contributed by atoms with van der Waals surface area (Å²) in [4.78, 5) is 8.10. The maximum atomic E-state index is 14.4. The van der Waals surface area contributed by atoms with Crippen LogP contribution in [0.1, 0.15) is 16.7 Å². The fourth-order valence-electron chi connectivity index (χ4n) is 2.65.